The molecule has 5 nitrogen and oxygen atoms in total. The van der Waals surface area contributed by atoms with E-state index in [4.69, 9.17) is 11.6 Å². The van der Waals surface area contributed by atoms with Crippen molar-refractivity contribution >= 4 is 34.6 Å². The minimum Gasteiger partial charge on any atom is -0.507 e. The molecule has 0 aliphatic rings. The van der Waals surface area contributed by atoms with Gasteiger partial charge in [-0.2, -0.15) is 5.10 Å². The van der Waals surface area contributed by atoms with Crippen molar-refractivity contribution in [2.24, 2.45) is 5.10 Å². The van der Waals surface area contributed by atoms with Crippen LogP contribution in [0.15, 0.2) is 84.1 Å². The number of benzene rings is 3. The van der Waals surface area contributed by atoms with Crippen LogP contribution in [-0.4, -0.2) is 21.8 Å². The van der Waals surface area contributed by atoms with E-state index < -0.39 is 5.91 Å². The second-order valence-corrected chi connectivity index (χ2v) is 6.94. The summed E-state index contributed by atoms with van der Waals surface area (Å²) in [4.78, 5) is 12.2. The van der Waals surface area contributed by atoms with Crippen LogP contribution in [0.25, 0.3) is 10.9 Å². The van der Waals surface area contributed by atoms with Crippen LogP contribution in [0.3, 0.4) is 0 Å². The summed E-state index contributed by atoms with van der Waals surface area (Å²) >= 11 is 6.31. The topological polar surface area (TPSA) is 66.6 Å². The highest BCUT2D eigenvalue weighted by atomic mass is 35.5. The van der Waals surface area contributed by atoms with Crippen LogP contribution < -0.4 is 5.43 Å². The van der Waals surface area contributed by atoms with E-state index in [1.54, 1.807) is 18.3 Å². The number of hydrogen-bond donors (Lipinski definition) is 2. The molecule has 2 N–H and O–H groups in total. The van der Waals surface area contributed by atoms with Crippen LogP contribution in [0.1, 0.15) is 21.5 Å². The summed E-state index contributed by atoms with van der Waals surface area (Å²) < 4.78 is 2.10. The largest absolute Gasteiger partial charge is 0.507 e. The van der Waals surface area contributed by atoms with Crippen molar-refractivity contribution in [3.05, 3.63) is 101 Å². The number of nitrogens with one attached hydrogen (secondary N) is 1. The van der Waals surface area contributed by atoms with Crippen LogP contribution in [-0.2, 0) is 6.54 Å². The fourth-order valence-corrected chi connectivity index (χ4v) is 3.40. The minimum atomic E-state index is -0.473. The molecule has 4 rings (SSSR count). The van der Waals surface area contributed by atoms with Crippen LogP contribution in [0.2, 0.25) is 5.02 Å². The first-order valence-electron chi connectivity index (χ1n) is 9.06. The Morgan fingerprint density at radius 2 is 1.76 bits per heavy atom. The number of carbonyl (C=O) groups is 1. The zero-order valence-corrected chi connectivity index (χ0v) is 16.2. The number of halogens is 1. The Morgan fingerprint density at radius 3 is 2.59 bits per heavy atom. The second kappa shape index (κ2) is 8.20. The van der Waals surface area contributed by atoms with Crippen molar-refractivity contribution in [1.82, 2.24) is 9.99 Å². The average molecular weight is 404 g/mol. The Morgan fingerprint density at radius 1 is 1.03 bits per heavy atom. The van der Waals surface area contributed by atoms with Gasteiger partial charge in [0.1, 0.15) is 5.75 Å². The third kappa shape index (κ3) is 4.00. The molecular weight excluding hydrogens is 386 g/mol. The van der Waals surface area contributed by atoms with Gasteiger partial charge in [0.25, 0.3) is 5.91 Å². The van der Waals surface area contributed by atoms with Gasteiger partial charge in [0, 0.05) is 34.2 Å². The van der Waals surface area contributed by atoms with E-state index in [9.17, 15) is 9.90 Å². The predicted octanol–water partition coefficient (Wildman–Crippen LogP) is 4.81. The van der Waals surface area contributed by atoms with Gasteiger partial charge in [-0.05, 0) is 29.8 Å². The molecule has 0 radical (unpaired) electrons. The maximum absolute atomic E-state index is 12.2. The summed E-state index contributed by atoms with van der Waals surface area (Å²) in [5.74, 6) is -0.560. The molecule has 0 spiro atoms. The lowest BCUT2D eigenvalue weighted by Gasteiger charge is -2.07. The number of amides is 1. The van der Waals surface area contributed by atoms with Gasteiger partial charge in [-0.3, -0.25) is 4.79 Å². The summed E-state index contributed by atoms with van der Waals surface area (Å²) in [6, 6.07) is 22.0. The second-order valence-electron chi connectivity index (χ2n) is 6.54. The Kier molecular flexibility index (Phi) is 5.31. The highest BCUT2D eigenvalue weighted by molar-refractivity contribution is 6.31. The number of aromatic nitrogens is 1. The fraction of sp³-hybridized carbons (Fsp3) is 0.0435. The number of para-hydroxylation sites is 2. The molecule has 1 amide bonds. The van der Waals surface area contributed by atoms with Crippen LogP contribution in [0.5, 0.6) is 5.75 Å². The lowest BCUT2D eigenvalue weighted by molar-refractivity contribution is 0.0952. The molecule has 0 aliphatic heterocycles. The highest BCUT2D eigenvalue weighted by Gasteiger charge is 2.10. The zero-order chi connectivity index (χ0) is 20.2. The molecule has 0 aliphatic carbocycles. The van der Waals surface area contributed by atoms with Gasteiger partial charge < -0.3 is 9.67 Å². The van der Waals surface area contributed by atoms with Crippen molar-refractivity contribution in [1.29, 1.82) is 0 Å². The summed E-state index contributed by atoms with van der Waals surface area (Å²) in [7, 11) is 0. The Balaban J connectivity index is 1.59. The van der Waals surface area contributed by atoms with Gasteiger partial charge in [0.2, 0.25) is 0 Å². The van der Waals surface area contributed by atoms with Gasteiger partial charge in [0.15, 0.2) is 0 Å². The molecule has 1 aromatic heterocycles. The van der Waals surface area contributed by atoms with Crippen molar-refractivity contribution < 1.29 is 9.90 Å². The quantitative estimate of drug-likeness (QED) is 0.371. The first kappa shape index (κ1) is 18.8. The molecule has 4 aromatic rings. The number of carbonyl (C=O) groups excluding carboxylic acids is 1. The Hall–Kier alpha value is -3.57. The third-order valence-electron chi connectivity index (χ3n) is 4.64. The lowest BCUT2D eigenvalue weighted by Crippen LogP contribution is -2.17. The van der Waals surface area contributed by atoms with Crippen molar-refractivity contribution in [2.75, 3.05) is 0 Å². The average Bonchev–Trinajstić information content (AvgIpc) is 3.08. The molecule has 3 aromatic carbocycles. The smallest absolute Gasteiger partial charge is 0.275 e. The van der Waals surface area contributed by atoms with E-state index in [1.807, 2.05) is 54.7 Å². The zero-order valence-electron chi connectivity index (χ0n) is 15.4. The molecule has 0 saturated carbocycles. The molecular formula is C23H18ClN3O2. The lowest BCUT2D eigenvalue weighted by atomic mass is 10.2. The first-order chi connectivity index (χ1) is 14.1. The van der Waals surface area contributed by atoms with E-state index in [2.05, 4.69) is 15.1 Å². The van der Waals surface area contributed by atoms with Gasteiger partial charge in [-0.1, -0.05) is 60.1 Å². The van der Waals surface area contributed by atoms with Crippen molar-refractivity contribution in [3.8, 4) is 5.75 Å². The number of phenolic OH excluding ortho intramolecular Hbond substituents is 1. The molecule has 6 heteroatoms. The normalized spacial score (nSPS) is 11.2. The monoisotopic (exact) mass is 403 g/mol. The molecule has 0 saturated heterocycles. The Labute approximate surface area is 172 Å². The van der Waals surface area contributed by atoms with E-state index >= 15 is 0 Å². The van der Waals surface area contributed by atoms with Gasteiger partial charge in [0.05, 0.1) is 11.8 Å². The van der Waals surface area contributed by atoms with E-state index in [1.165, 1.54) is 12.1 Å². The number of fused-ring (bicyclic) bond motifs is 1. The number of hydrazone groups is 1. The molecule has 1 heterocycles. The number of nitrogens with zero attached hydrogens (tertiary/aromatic N) is 2. The third-order valence-corrected chi connectivity index (χ3v) is 5.01. The fourth-order valence-electron chi connectivity index (χ4n) is 3.21. The summed E-state index contributed by atoms with van der Waals surface area (Å²) in [6.07, 6.45) is 3.58. The van der Waals surface area contributed by atoms with Gasteiger partial charge in [-0.15, -0.1) is 0 Å². The molecule has 144 valence electrons. The maximum atomic E-state index is 12.2. The Bertz CT molecular complexity index is 1210. The summed E-state index contributed by atoms with van der Waals surface area (Å²) in [5.41, 5.74) is 5.56. The summed E-state index contributed by atoms with van der Waals surface area (Å²) in [6.45, 7) is 0.623. The molecule has 0 bridgehead atoms. The van der Waals surface area contributed by atoms with Crippen molar-refractivity contribution in [2.45, 2.75) is 6.54 Å². The molecule has 29 heavy (non-hydrogen) atoms. The minimum absolute atomic E-state index is 0.0865. The van der Waals surface area contributed by atoms with E-state index in [0.717, 1.165) is 27.1 Å². The molecule has 0 fully saturated rings. The predicted molar refractivity (Wildman–Crippen MR) is 116 cm³/mol. The maximum Gasteiger partial charge on any atom is 0.275 e. The SMILES string of the molecule is O=C(NN=Cc1cn(Cc2ccccc2Cl)c2ccccc12)c1ccccc1O. The van der Waals surface area contributed by atoms with Crippen LogP contribution in [0, 0.1) is 0 Å². The molecule has 0 unspecified atom stereocenters. The number of aromatic hydroxyl groups is 1. The van der Waals surface area contributed by atoms with Crippen LogP contribution in [0.4, 0.5) is 0 Å². The summed E-state index contributed by atoms with van der Waals surface area (Å²) in [5, 5.41) is 15.6. The van der Waals surface area contributed by atoms with E-state index in [0.29, 0.717) is 6.54 Å². The first-order valence-corrected chi connectivity index (χ1v) is 9.44. The number of rotatable bonds is 5. The standard InChI is InChI=1S/C23H18ClN3O2/c24-20-10-4-1-7-16(20)14-27-15-17(18-8-2-5-11-21(18)27)13-25-26-23(29)19-9-3-6-12-22(19)28/h1-13,15,28H,14H2,(H,26,29). The number of hydrogen-bond acceptors (Lipinski definition) is 3. The van der Waals surface area contributed by atoms with Gasteiger partial charge in [-0.25, -0.2) is 5.43 Å². The number of phenols is 1. The van der Waals surface area contributed by atoms with Gasteiger partial charge >= 0.3 is 0 Å². The van der Waals surface area contributed by atoms with Crippen molar-refractivity contribution in [3.63, 3.8) is 0 Å². The molecule has 0 atom stereocenters. The van der Waals surface area contributed by atoms with E-state index in [-0.39, 0.29) is 11.3 Å². The van der Waals surface area contributed by atoms with Crippen LogP contribution >= 0.6 is 11.6 Å². The highest BCUT2D eigenvalue weighted by Crippen LogP contribution is 2.23.